The van der Waals surface area contributed by atoms with Crippen molar-refractivity contribution in [2.24, 2.45) is 11.1 Å². The molecule has 4 rings (SSSR count). The first kappa shape index (κ1) is 25.3. The number of hydrogen-bond donors (Lipinski definition) is 3. The summed E-state index contributed by atoms with van der Waals surface area (Å²) >= 11 is 3.42. The zero-order valence-corrected chi connectivity index (χ0v) is 20.6. The molecule has 1 aliphatic carbocycles. The average molecular weight is 569 g/mol. The molecule has 1 aromatic carbocycles. The first-order chi connectivity index (χ1) is 16.6. The minimum absolute atomic E-state index is 0.0246. The minimum Gasteiger partial charge on any atom is -0.390 e. The maximum Gasteiger partial charge on any atom is 0.333 e. The van der Waals surface area contributed by atoms with Crippen LogP contribution in [0, 0.1) is 5.92 Å². The van der Waals surface area contributed by atoms with Gasteiger partial charge in [-0.3, -0.25) is 13.7 Å². The number of anilines is 1. The van der Waals surface area contributed by atoms with Crippen LogP contribution in [0.15, 0.2) is 53.5 Å². The number of carbonyl (C=O) groups is 1. The van der Waals surface area contributed by atoms with Crippen molar-refractivity contribution in [2.75, 3.05) is 11.9 Å². The first-order valence-corrected chi connectivity index (χ1v) is 12.8. The zero-order chi connectivity index (χ0) is 25.2. The summed E-state index contributed by atoms with van der Waals surface area (Å²) in [5, 5.41) is 22.1. The number of ketones is 1. The summed E-state index contributed by atoms with van der Waals surface area (Å²) in [5.41, 5.74) is 1.22. The van der Waals surface area contributed by atoms with Gasteiger partial charge in [-0.25, -0.2) is 19.5 Å². The lowest BCUT2D eigenvalue weighted by molar-refractivity contribution is 0.0501. The Morgan fingerprint density at radius 1 is 1.37 bits per heavy atom. The molecule has 1 fully saturated rings. The molecule has 4 atom stereocenters. The van der Waals surface area contributed by atoms with E-state index in [0.717, 1.165) is 10.0 Å². The topological polar surface area (TPSA) is 162 Å². The number of rotatable bonds is 9. The summed E-state index contributed by atoms with van der Waals surface area (Å²) < 4.78 is 43.8. The minimum atomic E-state index is -4.23. The van der Waals surface area contributed by atoms with Crippen LogP contribution in [-0.2, 0) is 21.0 Å². The Hall–Kier alpha value is -2.78. The van der Waals surface area contributed by atoms with Gasteiger partial charge in [0.05, 0.1) is 30.9 Å². The lowest BCUT2D eigenvalue weighted by Crippen LogP contribution is -2.33. The summed E-state index contributed by atoms with van der Waals surface area (Å²) in [7, 11) is -4.23. The number of nitrogens with one attached hydrogen (secondary N) is 1. The van der Waals surface area contributed by atoms with Gasteiger partial charge < -0.3 is 10.4 Å². The van der Waals surface area contributed by atoms with Gasteiger partial charge in [-0.2, -0.15) is 13.5 Å². The molecule has 0 aliphatic heterocycles. The number of aliphatic hydroxyl groups is 1. The smallest absolute Gasteiger partial charge is 0.333 e. The van der Waals surface area contributed by atoms with E-state index in [9.17, 15) is 22.7 Å². The molecule has 4 N–H and O–H groups in total. The maximum absolute atomic E-state index is 14.7. The Kier molecular flexibility index (Phi) is 7.56. The molecule has 35 heavy (non-hydrogen) atoms. The monoisotopic (exact) mass is 568 g/mol. The number of hydrogen-bond acceptors (Lipinski definition) is 9. The van der Waals surface area contributed by atoms with Crippen molar-refractivity contribution in [3.05, 3.63) is 70.3 Å². The number of nitrogens with two attached hydrogens (primary N) is 1. The fourth-order valence-electron chi connectivity index (χ4n) is 3.90. The van der Waals surface area contributed by atoms with Gasteiger partial charge in [0.2, 0.25) is 5.78 Å². The number of halogens is 2. The van der Waals surface area contributed by atoms with Crippen molar-refractivity contribution in [3.8, 4) is 0 Å². The Bertz CT molecular complexity index is 1320. The Morgan fingerprint density at radius 3 is 2.91 bits per heavy atom. The second-order valence-electron chi connectivity index (χ2n) is 8.10. The molecule has 186 valence electrons. The normalized spacial score (nSPS) is 22.3. The van der Waals surface area contributed by atoms with Crippen LogP contribution in [0.4, 0.5) is 10.2 Å². The predicted octanol–water partition coefficient (Wildman–Crippen LogP) is 1.43. The van der Waals surface area contributed by atoms with Gasteiger partial charge in [-0.1, -0.05) is 28.1 Å². The second kappa shape index (κ2) is 10.5. The summed E-state index contributed by atoms with van der Waals surface area (Å²) in [4.78, 5) is 21.1. The highest BCUT2D eigenvalue weighted by Crippen LogP contribution is 2.32. The standard InChI is InChI=1S/C21H22BrFN6O5S/c22-14-3-1-2-12(6-14)9-29-5-4-16(28-29)20(31)15-8-25-11-26-21(15)27-17-7-13(19(30)18(17)23)10-34-35(24,32)33/h1-6,8,11,13,17-19,30H,7,9-10H2,(H2,24,32,33)(H,25,26,27)/t13-,17-,18-,19-/m1/s1. The highest BCUT2D eigenvalue weighted by Gasteiger charge is 2.44. The molecule has 11 nitrogen and oxygen atoms in total. The number of alkyl halides is 1. The lowest BCUT2D eigenvalue weighted by atomic mass is 10.1. The van der Waals surface area contributed by atoms with Crippen molar-refractivity contribution >= 4 is 37.8 Å². The molecule has 0 amide bonds. The van der Waals surface area contributed by atoms with Crippen molar-refractivity contribution in [1.29, 1.82) is 0 Å². The molecule has 0 unspecified atom stereocenters. The molecule has 14 heteroatoms. The van der Waals surface area contributed by atoms with Crippen molar-refractivity contribution < 1.29 is 26.9 Å². The molecule has 1 aliphatic rings. The van der Waals surface area contributed by atoms with Gasteiger partial charge in [0.1, 0.15) is 24.0 Å². The largest absolute Gasteiger partial charge is 0.390 e. The van der Waals surface area contributed by atoms with Crippen LogP contribution in [0.25, 0.3) is 0 Å². The summed E-state index contributed by atoms with van der Waals surface area (Å²) in [5.74, 6) is -1.22. The van der Waals surface area contributed by atoms with Gasteiger partial charge in [0, 0.05) is 22.8 Å². The van der Waals surface area contributed by atoms with Gasteiger partial charge in [-0.05, 0) is 30.2 Å². The van der Waals surface area contributed by atoms with Crippen LogP contribution in [0.5, 0.6) is 0 Å². The number of nitrogens with zero attached hydrogens (tertiary/aromatic N) is 4. The van der Waals surface area contributed by atoms with Crippen molar-refractivity contribution in [2.45, 2.75) is 31.3 Å². The Morgan fingerprint density at radius 2 is 2.17 bits per heavy atom. The number of benzene rings is 1. The summed E-state index contributed by atoms with van der Waals surface area (Å²) in [6.45, 7) is -0.0157. The van der Waals surface area contributed by atoms with E-state index in [1.54, 1.807) is 16.9 Å². The summed E-state index contributed by atoms with van der Waals surface area (Å²) in [6, 6.07) is 8.31. The lowest BCUT2D eigenvalue weighted by Gasteiger charge is -2.18. The molecule has 1 saturated carbocycles. The Balaban J connectivity index is 1.47. The van der Waals surface area contributed by atoms with E-state index in [1.807, 2.05) is 24.3 Å². The fraction of sp³-hybridized carbons (Fsp3) is 0.333. The molecule has 3 aromatic rings. The fourth-order valence-corrected chi connectivity index (χ4v) is 4.71. The molecule has 0 radical (unpaired) electrons. The highest BCUT2D eigenvalue weighted by molar-refractivity contribution is 9.10. The van der Waals surface area contributed by atoms with Crippen LogP contribution in [-0.4, -0.2) is 64.0 Å². The molecular formula is C21H22BrFN6O5S. The van der Waals surface area contributed by atoms with Crippen LogP contribution in [0.3, 0.4) is 0 Å². The van der Waals surface area contributed by atoms with E-state index in [-0.39, 0.29) is 23.5 Å². The van der Waals surface area contributed by atoms with Crippen molar-refractivity contribution in [1.82, 2.24) is 19.7 Å². The maximum atomic E-state index is 14.7. The number of carbonyl (C=O) groups excluding carboxylic acids is 1. The molecule has 0 spiro atoms. The number of aliphatic hydroxyl groups excluding tert-OH is 1. The van der Waals surface area contributed by atoms with E-state index in [2.05, 4.69) is 40.5 Å². The zero-order valence-electron chi connectivity index (χ0n) is 18.2. The van der Waals surface area contributed by atoms with Gasteiger partial charge in [0.25, 0.3) is 0 Å². The Labute approximate surface area is 208 Å². The van der Waals surface area contributed by atoms with Gasteiger partial charge in [-0.15, -0.1) is 0 Å². The number of aromatic nitrogens is 4. The van der Waals surface area contributed by atoms with E-state index in [4.69, 9.17) is 5.14 Å². The van der Waals surface area contributed by atoms with Gasteiger partial charge >= 0.3 is 10.3 Å². The SMILES string of the molecule is NS(=O)(=O)OC[C@H]1C[C@@H](Nc2ncncc2C(=O)c2ccn(Cc3cccc(Br)c3)n2)[C@@H](F)[C@@H]1O. The predicted molar refractivity (Wildman–Crippen MR) is 126 cm³/mol. The van der Waals surface area contributed by atoms with Crippen LogP contribution in [0.1, 0.15) is 28.0 Å². The van der Waals surface area contributed by atoms with Crippen LogP contribution >= 0.6 is 15.9 Å². The van der Waals surface area contributed by atoms with Crippen LogP contribution < -0.4 is 10.5 Å². The van der Waals surface area contributed by atoms with E-state index < -0.39 is 46.9 Å². The van der Waals surface area contributed by atoms with E-state index in [0.29, 0.717) is 6.54 Å². The molecule has 0 bridgehead atoms. The average Bonchev–Trinajstić information content (AvgIpc) is 3.37. The van der Waals surface area contributed by atoms with Gasteiger partial charge in [0.15, 0.2) is 0 Å². The van der Waals surface area contributed by atoms with E-state index >= 15 is 0 Å². The van der Waals surface area contributed by atoms with Crippen LogP contribution in [0.2, 0.25) is 0 Å². The molecular weight excluding hydrogens is 547 g/mol. The second-order valence-corrected chi connectivity index (χ2v) is 10.2. The molecule has 2 heterocycles. The highest BCUT2D eigenvalue weighted by atomic mass is 79.9. The third kappa shape index (κ3) is 6.27. The molecule has 0 saturated heterocycles. The third-order valence-corrected chi connectivity index (χ3v) is 6.54. The first-order valence-electron chi connectivity index (χ1n) is 10.5. The third-order valence-electron chi connectivity index (χ3n) is 5.58. The quantitative estimate of drug-likeness (QED) is 0.324. The summed E-state index contributed by atoms with van der Waals surface area (Å²) in [6.07, 6.45) is 0.953. The molecule has 2 aromatic heterocycles. The van der Waals surface area contributed by atoms with Crippen molar-refractivity contribution in [3.63, 3.8) is 0 Å². The van der Waals surface area contributed by atoms with E-state index in [1.165, 1.54) is 12.5 Å².